The molecule has 0 unspecified atom stereocenters. The summed E-state index contributed by atoms with van der Waals surface area (Å²) in [6, 6.07) is 13.8. The number of hydrogen-bond donors (Lipinski definition) is 0. The van der Waals surface area contributed by atoms with E-state index < -0.39 is 0 Å². The summed E-state index contributed by atoms with van der Waals surface area (Å²) in [6.07, 6.45) is 0. The Balaban J connectivity index is 2.22. The van der Waals surface area contributed by atoms with Gasteiger partial charge in [0.25, 0.3) is 5.56 Å². The van der Waals surface area contributed by atoms with E-state index in [2.05, 4.69) is 10.3 Å². The van der Waals surface area contributed by atoms with Crippen LogP contribution in [0.25, 0.3) is 16.9 Å². The quantitative estimate of drug-likeness (QED) is 0.351. The lowest BCUT2D eigenvalue weighted by Gasteiger charge is -2.19. The lowest BCUT2D eigenvalue weighted by molar-refractivity contribution is 0.146. The number of hydrogen-bond acceptors (Lipinski definition) is 8. The fourth-order valence-corrected chi connectivity index (χ4v) is 3.10. The van der Waals surface area contributed by atoms with Gasteiger partial charge in [0.15, 0.2) is 0 Å². The van der Waals surface area contributed by atoms with Gasteiger partial charge >= 0.3 is 0 Å². The van der Waals surface area contributed by atoms with Gasteiger partial charge in [-0.1, -0.05) is 12.1 Å². The highest BCUT2D eigenvalue weighted by Gasteiger charge is 2.18. The molecule has 0 radical (unpaired) electrons. The van der Waals surface area contributed by atoms with Crippen molar-refractivity contribution in [2.75, 3.05) is 45.9 Å². The van der Waals surface area contributed by atoms with E-state index in [0.29, 0.717) is 42.6 Å². The van der Waals surface area contributed by atoms with E-state index >= 15 is 0 Å². The van der Waals surface area contributed by atoms with E-state index in [4.69, 9.17) is 14.2 Å². The summed E-state index contributed by atoms with van der Waals surface area (Å²) < 4.78 is 17.2. The molecule has 0 amide bonds. The second-order valence-electron chi connectivity index (χ2n) is 6.96. The molecular formula is C23H26N4O5. The summed E-state index contributed by atoms with van der Waals surface area (Å²) in [6.45, 7) is 3.27. The first kappa shape index (κ1) is 23.0. The van der Waals surface area contributed by atoms with Crippen molar-refractivity contribution in [2.24, 2.45) is 5.18 Å². The Morgan fingerprint density at radius 1 is 1.06 bits per heavy atom. The number of nitrogens with zero attached hydrogens (tertiary/aromatic N) is 4. The second kappa shape index (κ2) is 10.5. The first-order valence-corrected chi connectivity index (χ1v) is 10.1. The molecule has 0 N–H and O–H groups in total. The number of nitroso groups, excluding NO2 is 1. The van der Waals surface area contributed by atoms with Crippen LogP contribution in [0.5, 0.6) is 11.5 Å². The van der Waals surface area contributed by atoms with Crippen molar-refractivity contribution in [1.82, 2.24) is 9.78 Å². The van der Waals surface area contributed by atoms with Crippen LogP contribution in [0.4, 0.5) is 11.4 Å². The van der Waals surface area contributed by atoms with E-state index in [-0.39, 0.29) is 16.9 Å². The summed E-state index contributed by atoms with van der Waals surface area (Å²) in [5, 5.41) is 7.64. The molecule has 0 aliphatic heterocycles. The summed E-state index contributed by atoms with van der Waals surface area (Å²) in [5.41, 5.74) is 1.67. The van der Waals surface area contributed by atoms with Gasteiger partial charge in [-0.3, -0.25) is 4.79 Å². The van der Waals surface area contributed by atoms with Gasteiger partial charge in [-0.25, -0.2) is 0 Å². The van der Waals surface area contributed by atoms with Gasteiger partial charge < -0.3 is 19.1 Å². The normalized spacial score (nSPS) is 10.6. The number of anilines is 1. The smallest absolute Gasteiger partial charge is 0.295 e. The summed E-state index contributed by atoms with van der Waals surface area (Å²) >= 11 is 0. The molecule has 3 rings (SSSR count). The fraction of sp³-hybridized carbons (Fsp3) is 0.304. The molecule has 32 heavy (non-hydrogen) atoms. The molecular weight excluding hydrogens is 412 g/mol. The molecule has 3 aromatic rings. The minimum atomic E-state index is -0.375. The molecule has 0 fully saturated rings. The Labute approximate surface area is 186 Å². The highest BCUT2D eigenvalue weighted by molar-refractivity contribution is 5.67. The van der Waals surface area contributed by atoms with Crippen molar-refractivity contribution >= 4 is 11.4 Å². The third-order valence-corrected chi connectivity index (χ3v) is 4.97. The Hall–Kier alpha value is -3.72. The molecule has 0 saturated heterocycles. The summed E-state index contributed by atoms with van der Waals surface area (Å²) in [5.74, 6) is 1.13. The van der Waals surface area contributed by atoms with Crippen LogP contribution in [-0.4, -0.2) is 50.8 Å². The van der Waals surface area contributed by atoms with Gasteiger partial charge in [-0.2, -0.15) is 9.78 Å². The lowest BCUT2D eigenvalue weighted by atomic mass is 10.1. The minimum absolute atomic E-state index is 0.0755. The molecule has 0 saturated carbocycles. The van der Waals surface area contributed by atoms with Crippen LogP contribution in [-0.2, 0) is 4.74 Å². The van der Waals surface area contributed by atoms with Crippen molar-refractivity contribution in [2.45, 2.75) is 6.92 Å². The molecule has 0 bridgehead atoms. The van der Waals surface area contributed by atoms with Crippen LogP contribution in [0.3, 0.4) is 0 Å². The first-order valence-electron chi connectivity index (χ1n) is 10.1. The maximum atomic E-state index is 13.3. The molecule has 9 nitrogen and oxygen atoms in total. The van der Waals surface area contributed by atoms with Gasteiger partial charge in [-0.15, -0.1) is 4.91 Å². The Kier molecular flexibility index (Phi) is 7.56. The summed E-state index contributed by atoms with van der Waals surface area (Å²) in [7, 11) is 4.98. The van der Waals surface area contributed by atoms with Crippen LogP contribution < -0.4 is 19.9 Å². The molecule has 168 valence electrons. The van der Waals surface area contributed by atoms with Crippen molar-refractivity contribution in [1.29, 1.82) is 0 Å². The molecule has 1 aromatic heterocycles. The van der Waals surface area contributed by atoms with Crippen molar-refractivity contribution in [3.8, 4) is 28.4 Å². The van der Waals surface area contributed by atoms with E-state index in [1.54, 1.807) is 32.4 Å². The van der Waals surface area contributed by atoms with Gasteiger partial charge in [0.1, 0.15) is 35.2 Å². The number of aromatic nitrogens is 2. The molecule has 2 aromatic carbocycles. The lowest BCUT2D eigenvalue weighted by Crippen LogP contribution is -2.30. The van der Waals surface area contributed by atoms with Gasteiger partial charge in [0.05, 0.1) is 19.4 Å². The average Bonchev–Trinajstić information content (AvgIpc) is 2.83. The second-order valence-corrected chi connectivity index (χ2v) is 6.96. The largest absolute Gasteiger partial charge is 0.497 e. The van der Waals surface area contributed by atoms with Crippen LogP contribution >= 0.6 is 0 Å². The van der Waals surface area contributed by atoms with Gasteiger partial charge in [-0.05, 0) is 42.4 Å². The first-order chi connectivity index (χ1) is 15.5. The maximum absolute atomic E-state index is 13.3. The SMILES string of the molecule is CCN(C)c1cc(-c2cccc(OC)c2)nn(-c2cc(OCCOC)ccc2N=O)c1=O. The molecule has 1 heterocycles. The Morgan fingerprint density at radius 2 is 1.88 bits per heavy atom. The number of ether oxygens (including phenoxy) is 3. The Morgan fingerprint density at radius 3 is 2.56 bits per heavy atom. The van der Waals surface area contributed by atoms with Crippen LogP contribution in [0.15, 0.2) is 58.5 Å². The predicted molar refractivity (Wildman–Crippen MR) is 124 cm³/mol. The third kappa shape index (κ3) is 4.94. The minimum Gasteiger partial charge on any atom is -0.497 e. The molecule has 9 heteroatoms. The van der Waals surface area contributed by atoms with Crippen LogP contribution in [0.2, 0.25) is 0 Å². The van der Waals surface area contributed by atoms with Crippen molar-refractivity contribution < 1.29 is 14.2 Å². The third-order valence-electron chi connectivity index (χ3n) is 4.97. The predicted octanol–water partition coefficient (Wildman–Crippen LogP) is 3.79. The topological polar surface area (TPSA) is 95.2 Å². The van der Waals surface area contributed by atoms with Crippen molar-refractivity contribution in [3.05, 3.63) is 63.8 Å². The fourth-order valence-electron chi connectivity index (χ4n) is 3.10. The van der Waals surface area contributed by atoms with E-state index in [9.17, 15) is 9.70 Å². The average molecular weight is 438 g/mol. The van der Waals surface area contributed by atoms with E-state index in [0.717, 1.165) is 5.56 Å². The molecule has 0 aliphatic carbocycles. The van der Waals surface area contributed by atoms with E-state index in [1.165, 1.54) is 10.7 Å². The number of methoxy groups -OCH3 is 2. The zero-order valence-electron chi connectivity index (χ0n) is 18.6. The van der Waals surface area contributed by atoms with Gasteiger partial charge in [0.2, 0.25) is 0 Å². The van der Waals surface area contributed by atoms with Crippen LogP contribution in [0.1, 0.15) is 6.92 Å². The molecule has 0 spiro atoms. The standard InChI is InChI=1S/C23H26N4O5/c1-5-26(2)22-15-20(16-7-6-8-17(13-16)31-4)24-27(23(22)28)21-14-18(32-12-11-30-3)9-10-19(21)25-29/h6-10,13-15H,5,11-12H2,1-4H3. The van der Waals surface area contributed by atoms with Crippen LogP contribution in [0, 0.1) is 4.91 Å². The highest BCUT2D eigenvalue weighted by atomic mass is 16.5. The monoisotopic (exact) mass is 438 g/mol. The molecule has 0 aliphatic rings. The van der Waals surface area contributed by atoms with Crippen molar-refractivity contribution in [3.63, 3.8) is 0 Å². The Bertz CT molecular complexity index is 1150. The number of benzene rings is 2. The molecule has 0 atom stereocenters. The highest BCUT2D eigenvalue weighted by Crippen LogP contribution is 2.29. The van der Waals surface area contributed by atoms with Gasteiger partial charge in [0, 0.05) is 32.3 Å². The number of rotatable bonds is 10. The summed E-state index contributed by atoms with van der Waals surface area (Å²) in [4.78, 5) is 26.7. The maximum Gasteiger partial charge on any atom is 0.295 e. The zero-order valence-corrected chi connectivity index (χ0v) is 18.6. The van der Waals surface area contributed by atoms with E-state index in [1.807, 2.05) is 43.1 Å². The zero-order chi connectivity index (χ0) is 23.1.